The molecule has 0 aromatic heterocycles. The molecule has 0 atom stereocenters. The van der Waals surface area contributed by atoms with E-state index >= 15 is 0 Å². The van der Waals surface area contributed by atoms with E-state index in [-0.39, 0.29) is 11.5 Å². The molecule has 0 N–H and O–H groups in total. The van der Waals surface area contributed by atoms with Gasteiger partial charge in [-0.3, -0.25) is 0 Å². The summed E-state index contributed by atoms with van der Waals surface area (Å²) in [5.41, 5.74) is 0. The summed E-state index contributed by atoms with van der Waals surface area (Å²) >= 11 is 0. The summed E-state index contributed by atoms with van der Waals surface area (Å²) in [7, 11) is 0. The standard InChI is InChI=1S/C26H40F2O2/c1-3-5-6-19-7-11-21(12-8-19)22-13-9-20(10-14-22)18-30-24-16-15-23(29-17-4-2)25(27)26(24)28/h15-16,19-22H,3-14,17-18H2,1-2H3/t19-,20?,21-,22?. The zero-order valence-electron chi connectivity index (χ0n) is 18.9. The molecule has 2 aliphatic carbocycles. The molecule has 0 bridgehead atoms. The first kappa shape index (κ1) is 23.3. The largest absolute Gasteiger partial charge is 0.490 e. The lowest BCUT2D eigenvalue weighted by Gasteiger charge is -2.38. The minimum atomic E-state index is -0.945. The summed E-state index contributed by atoms with van der Waals surface area (Å²) in [6.07, 6.45) is 15.4. The number of ether oxygens (including phenoxy) is 2. The molecule has 0 aliphatic heterocycles. The Hall–Kier alpha value is -1.32. The Balaban J connectivity index is 1.40. The molecule has 3 rings (SSSR count). The lowest BCUT2D eigenvalue weighted by atomic mass is 9.69. The summed E-state index contributed by atoms with van der Waals surface area (Å²) in [6.45, 7) is 5.07. The number of halogens is 2. The van der Waals surface area contributed by atoms with Crippen molar-refractivity contribution in [2.24, 2.45) is 23.7 Å². The topological polar surface area (TPSA) is 18.5 Å². The maximum atomic E-state index is 14.3. The van der Waals surface area contributed by atoms with Gasteiger partial charge in [-0.1, -0.05) is 46.0 Å². The van der Waals surface area contributed by atoms with E-state index in [1.807, 2.05) is 6.92 Å². The van der Waals surface area contributed by atoms with Gasteiger partial charge >= 0.3 is 0 Å². The van der Waals surface area contributed by atoms with Crippen LogP contribution in [0.1, 0.15) is 90.9 Å². The second-order valence-corrected chi connectivity index (χ2v) is 9.55. The van der Waals surface area contributed by atoms with Gasteiger partial charge in [-0.05, 0) is 80.8 Å². The highest BCUT2D eigenvalue weighted by atomic mass is 19.2. The highest BCUT2D eigenvalue weighted by Crippen LogP contribution is 2.42. The van der Waals surface area contributed by atoms with Crippen LogP contribution >= 0.6 is 0 Å². The maximum Gasteiger partial charge on any atom is 0.204 e. The van der Waals surface area contributed by atoms with E-state index in [2.05, 4.69) is 6.92 Å². The minimum absolute atomic E-state index is 0.00359. The first-order valence-corrected chi connectivity index (χ1v) is 12.4. The summed E-state index contributed by atoms with van der Waals surface area (Å²) < 4.78 is 39.3. The Labute approximate surface area is 181 Å². The zero-order chi connectivity index (χ0) is 21.3. The van der Waals surface area contributed by atoms with E-state index in [1.165, 1.54) is 69.9 Å². The quantitative estimate of drug-likeness (QED) is 0.381. The van der Waals surface area contributed by atoms with Crippen molar-refractivity contribution in [2.75, 3.05) is 13.2 Å². The molecule has 4 heteroatoms. The van der Waals surface area contributed by atoms with Gasteiger partial charge in [0.1, 0.15) is 0 Å². The van der Waals surface area contributed by atoms with Crippen LogP contribution in [-0.2, 0) is 0 Å². The van der Waals surface area contributed by atoms with Crippen molar-refractivity contribution in [3.05, 3.63) is 23.8 Å². The number of unbranched alkanes of at least 4 members (excludes halogenated alkanes) is 1. The fourth-order valence-electron chi connectivity index (χ4n) is 5.42. The van der Waals surface area contributed by atoms with E-state index in [4.69, 9.17) is 9.47 Å². The van der Waals surface area contributed by atoms with Gasteiger partial charge in [0.2, 0.25) is 11.6 Å². The van der Waals surface area contributed by atoms with Crippen molar-refractivity contribution in [3.8, 4) is 11.5 Å². The average molecular weight is 423 g/mol. The fourth-order valence-corrected chi connectivity index (χ4v) is 5.42. The molecular formula is C26H40F2O2. The molecule has 0 radical (unpaired) electrons. The molecule has 2 saturated carbocycles. The second kappa shape index (κ2) is 11.9. The van der Waals surface area contributed by atoms with E-state index in [0.29, 0.717) is 19.1 Å². The average Bonchev–Trinajstić information content (AvgIpc) is 2.79. The number of benzene rings is 1. The first-order valence-electron chi connectivity index (χ1n) is 12.4. The SMILES string of the molecule is CCCC[C@H]1CC[C@H](C2CCC(COc3ccc(OCCC)c(F)c3F)CC2)CC1. The Kier molecular flexibility index (Phi) is 9.27. The fraction of sp³-hybridized carbons (Fsp3) is 0.769. The van der Waals surface area contributed by atoms with Gasteiger partial charge in [-0.2, -0.15) is 8.78 Å². The molecule has 2 fully saturated rings. The van der Waals surface area contributed by atoms with Gasteiger partial charge in [0, 0.05) is 0 Å². The molecule has 0 spiro atoms. The normalized spacial score (nSPS) is 27.1. The van der Waals surface area contributed by atoms with E-state index < -0.39 is 11.6 Å². The smallest absolute Gasteiger partial charge is 0.204 e. The van der Waals surface area contributed by atoms with Crippen molar-refractivity contribution >= 4 is 0 Å². The van der Waals surface area contributed by atoms with Crippen LogP contribution in [0, 0.1) is 35.3 Å². The van der Waals surface area contributed by atoms with Crippen molar-refractivity contribution < 1.29 is 18.3 Å². The maximum absolute atomic E-state index is 14.3. The van der Waals surface area contributed by atoms with Crippen LogP contribution in [0.4, 0.5) is 8.78 Å². The van der Waals surface area contributed by atoms with Gasteiger partial charge in [0.15, 0.2) is 11.5 Å². The number of rotatable bonds is 10. The third kappa shape index (κ3) is 6.34. The Morgan fingerprint density at radius 3 is 1.80 bits per heavy atom. The highest BCUT2D eigenvalue weighted by Gasteiger charge is 2.31. The Morgan fingerprint density at radius 2 is 1.27 bits per heavy atom. The molecule has 2 nitrogen and oxygen atoms in total. The summed E-state index contributed by atoms with van der Waals surface area (Å²) in [5.74, 6) is 1.27. The van der Waals surface area contributed by atoms with Crippen molar-refractivity contribution in [1.29, 1.82) is 0 Å². The molecular weight excluding hydrogens is 382 g/mol. The molecule has 2 aliphatic rings. The van der Waals surface area contributed by atoms with E-state index in [9.17, 15) is 8.78 Å². The number of hydrogen-bond acceptors (Lipinski definition) is 2. The van der Waals surface area contributed by atoms with Crippen molar-refractivity contribution in [3.63, 3.8) is 0 Å². The zero-order valence-corrected chi connectivity index (χ0v) is 18.9. The van der Waals surface area contributed by atoms with Gasteiger partial charge in [-0.25, -0.2) is 0 Å². The molecule has 0 saturated heterocycles. The van der Waals surface area contributed by atoms with Crippen LogP contribution in [-0.4, -0.2) is 13.2 Å². The van der Waals surface area contributed by atoms with Gasteiger partial charge in [0.25, 0.3) is 0 Å². The predicted octanol–water partition coefficient (Wildman–Crippen LogP) is 7.94. The summed E-state index contributed by atoms with van der Waals surface area (Å²) in [5, 5.41) is 0. The van der Waals surface area contributed by atoms with Crippen LogP contribution in [0.2, 0.25) is 0 Å². The second-order valence-electron chi connectivity index (χ2n) is 9.55. The van der Waals surface area contributed by atoms with Gasteiger partial charge < -0.3 is 9.47 Å². The Bertz CT molecular complexity index is 632. The lowest BCUT2D eigenvalue weighted by Crippen LogP contribution is -2.27. The summed E-state index contributed by atoms with van der Waals surface area (Å²) in [6, 6.07) is 2.96. The molecule has 1 aromatic carbocycles. The van der Waals surface area contributed by atoms with E-state index in [0.717, 1.165) is 37.0 Å². The highest BCUT2D eigenvalue weighted by molar-refractivity contribution is 5.35. The number of hydrogen-bond donors (Lipinski definition) is 0. The lowest BCUT2D eigenvalue weighted by molar-refractivity contribution is 0.120. The van der Waals surface area contributed by atoms with Crippen LogP contribution in [0.5, 0.6) is 11.5 Å². The van der Waals surface area contributed by atoms with E-state index in [1.54, 1.807) is 0 Å². The monoisotopic (exact) mass is 422 g/mol. The third-order valence-corrected chi connectivity index (χ3v) is 7.36. The molecule has 0 amide bonds. The first-order chi connectivity index (χ1) is 14.6. The molecule has 1 aromatic rings. The molecule has 30 heavy (non-hydrogen) atoms. The van der Waals surface area contributed by atoms with Gasteiger partial charge in [0.05, 0.1) is 13.2 Å². The Morgan fingerprint density at radius 1 is 0.733 bits per heavy atom. The third-order valence-electron chi connectivity index (χ3n) is 7.36. The molecule has 170 valence electrons. The van der Waals surface area contributed by atoms with Crippen LogP contribution in [0.15, 0.2) is 12.1 Å². The van der Waals surface area contributed by atoms with Crippen LogP contribution < -0.4 is 9.47 Å². The van der Waals surface area contributed by atoms with Gasteiger partial charge in [-0.15, -0.1) is 0 Å². The predicted molar refractivity (Wildman–Crippen MR) is 118 cm³/mol. The summed E-state index contributed by atoms with van der Waals surface area (Å²) in [4.78, 5) is 0. The van der Waals surface area contributed by atoms with Crippen LogP contribution in [0.25, 0.3) is 0 Å². The van der Waals surface area contributed by atoms with Crippen molar-refractivity contribution in [2.45, 2.75) is 90.9 Å². The minimum Gasteiger partial charge on any atom is -0.490 e. The van der Waals surface area contributed by atoms with Crippen molar-refractivity contribution in [1.82, 2.24) is 0 Å². The molecule has 0 unspecified atom stereocenters. The van der Waals surface area contributed by atoms with Crippen LogP contribution in [0.3, 0.4) is 0 Å². The molecule has 0 heterocycles.